The lowest BCUT2D eigenvalue weighted by Gasteiger charge is -2.15. The highest BCUT2D eigenvalue weighted by Crippen LogP contribution is 2.31. The van der Waals surface area contributed by atoms with E-state index in [0.717, 1.165) is 18.3 Å². The van der Waals surface area contributed by atoms with Gasteiger partial charge in [0.15, 0.2) is 0 Å². The van der Waals surface area contributed by atoms with Crippen LogP contribution in [0.3, 0.4) is 0 Å². The monoisotopic (exact) mass is 248 g/mol. The van der Waals surface area contributed by atoms with Crippen molar-refractivity contribution in [2.24, 2.45) is 0 Å². The molecule has 0 aromatic carbocycles. The average molecular weight is 248 g/mol. The SMILES string of the molecule is O=C1CSCN1c1cc(C(F)(F)F)ccn1. The molecule has 86 valence electrons. The lowest BCUT2D eigenvalue weighted by atomic mass is 10.2. The molecule has 1 saturated heterocycles. The first kappa shape index (κ1) is 11.3. The molecule has 0 N–H and O–H groups in total. The summed E-state index contributed by atoms with van der Waals surface area (Å²) in [5.41, 5.74) is -0.790. The lowest BCUT2D eigenvalue weighted by molar-refractivity contribution is -0.137. The van der Waals surface area contributed by atoms with Crippen LogP contribution in [0.4, 0.5) is 19.0 Å². The van der Waals surface area contributed by atoms with Crippen molar-refractivity contribution in [2.75, 3.05) is 16.5 Å². The number of thioether (sulfide) groups is 1. The molecule has 1 aliphatic rings. The number of hydrogen-bond donors (Lipinski definition) is 0. The maximum Gasteiger partial charge on any atom is 0.416 e. The van der Waals surface area contributed by atoms with Crippen LogP contribution in [-0.4, -0.2) is 22.5 Å². The van der Waals surface area contributed by atoms with Crippen LogP contribution in [0.5, 0.6) is 0 Å². The molecule has 0 saturated carbocycles. The van der Waals surface area contributed by atoms with Gasteiger partial charge in [0.25, 0.3) is 0 Å². The zero-order valence-electron chi connectivity index (χ0n) is 7.99. The third-order valence-corrected chi connectivity index (χ3v) is 2.99. The van der Waals surface area contributed by atoms with Crippen molar-refractivity contribution in [1.82, 2.24) is 4.98 Å². The lowest BCUT2D eigenvalue weighted by Crippen LogP contribution is -2.26. The molecule has 3 nitrogen and oxygen atoms in total. The summed E-state index contributed by atoms with van der Waals surface area (Å²) in [5.74, 6) is 0.493. The van der Waals surface area contributed by atoms with Crippen molar-refractivity contribution < 1.29 is 18.0 Å². The summed E-state index contributed by atoms with van der Waals surface area (Å²) in [6.07, 6.45) is -3.35. The van der Waals surface area contributed by atoms with Crippen LogP contribution < -0.4 is 4.90 Å². The van der Waals surface area contributed by atoms with Crippen LogP contribution in [0.2, 0.25) is 0 Å². The maximum absolute atomic E-state index is 12.4. The average Bonchev–Trinajstić information content (AvgIpc) is 2.63. The zero-order chi connectivity index (χ0) is 11.8. The molecule has 0 radical (unpaired) electrons. The van der Waals surface area contributed by atoms with Gasteiger partial charge in [-0.2, -0.15) is 13.2 Å². The van der Waals surface area contributed by atoms with Crippen LogP contribution in [-0.2, 0) is 11.0 Å². The Morgan fingerprint density at radius 3 is 2.75 bits per heavy atom. The molecule has 1 aliphatic heterocycles. The molecule has 1 fully saturated rings. The molecule has 16 heavy (non-hydrogen) atoms. The van der Waals surface area contributed by atoms with Crippen LogP contribution in [0.25, 0.3) is 0 Å². The van der Waals surface area contributed by atoms with E-state index in [1.54, 1.807) is 0 Å². The Morgan fingerprint density at radius 2 is 2.19 bits per heavy atom. The van der Waals surface area contributed by atoms with Crippen molar-refractivity contribution in [2.45, 2.75) is 6.18 Å². The maximum atomic E-state index is 12.4. The minimum Gasteiger partial charge on any atom is -0.286 e. The molecule has 2 heterocycles. The molecular weight excluding hydrogens is 241 g/mol. The number of carbonyl (C=O) groups excluding carboxylic acids is 1. The van der Waals surface area contributed by atoms with E-state index >= 15 is 0 Å². The number of anilines is 1. The Balaban J connectivity index is 2.32. The number of amides is 1. The number of aromatic nitrogens is 1. The Morgan fingerprint density at radius 1 is 1.44 bits per heavy atom. The second kappa shape index (κ2) is 3.97. The van der Waals surface area contributed by atoms with Crippen LogP contribution in [0.1, 0.15) is 5.56 Å². The largest absolute Gasteiger partial charge is 0.416 e. The Kier molecular flexibility index (Phi) is 2.79. The summed E-state index contributed by atoms with van der Waals surface area (Å²) in [7, 11) is 0. The number of alkyl halides is 3. The van der Waals surface area contributed by atoms with Crippen molar-refractivity contribution in [3.8, 4) is 0 Å². The van der Waals surface area contributed by atoms with E-state index in [1.807, 2.05) is 0 Å². The molecular formula is C9H7F3N2OS. The van der Waals surface area contributed by atoms with E-state index < -0.39 is 11.7 Å². The number of pyridine rings is 1. The Hall–Kier alpha value is -1.24. The van der Waals surface area contributed by atoms with Crippen molar-refractivity contribution in [3.63, 3.8) is 0 Å². The predicted molar refractivity (Wildman–Crippen MR) is 54.1 cm³/mol. The smallest absolute Gasteiger partial charge is 0.286 e. The first-order valence-electron chi connectivity index (χ1n) is 4.40. The first-order chi connectivity index (χ1) is 7.48. The normalized spacial score (nSPS) is 16.9. The topological polar surface area (TPSA) is 33.2 Å². The third-order valence-electron chi connectivity index (χ3n) is 2.10. The van der Waals surface area contributed by atoms with Gasteiger partial charge >= 0.3 is 6.18 Å². The molecule has 0 bridgehead atoms. The second-order valence-corrected chi connectivity index (χ2v) is 4.15. The minimum absolute atomic E-state index is 0.0600. The van der Waals surface area contributed by atoms with E-state index in [1.165, 1.54) is 16.7 Å². The molecule has 2 rings (SSSR count). The van der Waals surface area contributed by atoms with E-state index in [4.69, 9.17) is 0 Å². The molecule has 0 spiro atoms. The van der Waals surface area contributed by atoms with Gasteiger partial charge in [0.1, 0.15) is 5.82 Å². The molecule has 7 heteroatoms. The number of carbonyl (C=O) groups is 1. The Bertz CT molecular complexity index is 421. The summed E-state index contributed by atoms with van der Waals surface area (Å²) in [6, 6.07) is 1.78. The molecule has 1 aromatic rings. The fourth-order valence-electron chi connectivity index (χ4n) is 1.31. The van der Waals surface area contributed by atoms with Gasteiger partial charge < -0.3 is 0 Å². The number of rotatable bonds is 1. The fourth-order valence-corrected chi connectivity index (χ4v) is 2.19. The van der Waals surface area contributed by atoms with E-state index in [0.29, 0.717) is 5.88 Å². The van der Waals surface area contributed by atoms with Gasteiger partial charge in [0.05, 0.1) is 17.2 Å². The second-order valence-electron chi connectivity index (χ2n) is 3.20. The number of hydrogen-bond acceptors (Lipinski definition) is 3. The standard InChI is InChI=1S/C9H7F3N2OS/c10-9(11,12)6-1-2-13-7(3-6)14-5-16-4-8(14)15/h1-3H,4-5H2. The van der Waals surface area contributed by atoms with E-state index in [9.17, 15) is 18.0 Å². The van der Waals surface area contributed by atoms with Crippen LogP contribution >= 0.6 is 11.8 Å². The van der Waals surface area contributed by atoms with Crippen LogP contribution in [0.15, 0.2) is 18.3 Å². The highest BCUT2D eigenvalue weighted by molar-refractivity contribution is 8.00. The first-order valence-corrected chi connectivity index (χ1v) is 5.55. The minimum atomic E-state index is -4.41. The van der Waals surface area contributed by atoms with Crippen molar-refractivity contribution in [1.29, 1.82) is 0 Å². The van der Waals surface area contributed by atoms with Gasteiger partial charge in [-0.15, -0.1) is 11.8 Å². The highest BCUT2D eigenvalue weighted by atomic mass is 32.2. The fraction of sp³-hybridized carbons (Fsp3) is 0.333. The number of nitrogens with zero attached hydrogens (tertiary/aromatic N) is 2. The summed E-state index contributed by atoms with van der Waals surface area (Å²) in [5, 5.41) is 0. The van der Waals surface area contributed by atoms with Gasteiger partial charge in [-0.05, 0) is 12.1 Å². The van der Waals surface area contributed by atoms with Crippen molar-refractivity contribution in [3.05, 3.63) is 23.9 Å². The summed E-state index contributed by atoms with van der Waals surface area (Å²) in [4.78, 5) is 16.3. The molecule has 1 amide bonds. The Labute approximate surface area is 93.6 Å². The number of halogens is 3. The van der Waals surface area contributed by atoms with E-state index in [-0.39, 0.29) is 17.5 Å². The molecule has 0 unspecified atom stereocenters. The van der Waals surface area contributed by atoms with Gasteiger partial charge in [0.2, 0.25) is 5.91 Å². The van der Waals surface area contributed by atoms with Gasteiger partial charge in [-0.3, -0.25) is 9.69 Å². The molecule has 0 atom stereocenters. The summed E-state index contributed by atoms with van der Waals surface area (Å²) in [6.45, 7) is 0. The highest BCUT2D eigenvalue weighted by Gasteiger charge is 2.32. The molecule has 0 aliphatic carbocycles. The zero-order valence-corrected chi connectivity index (χ0v) is 8.81. The molecule has 1 aromatic heterocycles. The van der Waals surface area contributed by atoms with Crippen molar-refractivity contribution >= 4 is 23.5 Å². The van der Waals surface area contributed by atoms with Gasteiger partial charge in [-0.25, -0.2) is 4.98 Å². The van der Waals surface area contributed by atoms with E-state index in [2.05, 4.69) is 4.98 Å². The quantitative estimate of drug-likeness (QED) is 0.763. The van der Waals surface area contributed by atoms with Gasteiger partial charge in [-0.1, -0.05) is 0 Å². The van der Waals surface area contributed by atoms with Crippen LogP contribution in [0, 0.1) is 0 Å². The summed E-state index contributed by atoms with van der Waals surface area (Å²) < 4.78 is 37.2. The van der Waals surface area contributed by atoms with Gasteiger partial charge in [0, 0.05) is 6.20 Å². The third kappa shape index (κ3) is 2.13. The predicted octanol–water partition coefficient (Wildman–Crippen LogP) is 2.14. The summed E-state index contributed by atoms with van der Waals surface area (Å²) >= 11 is 1.35.